The molecule has 3 rings (SSSR count). The van der Waals surface area contributed by atoms with Gasteiger partial charge in [-0.3, -0.25) is 25.2 Å². The van der Waals surface area contributed by atoms with Gasteiger partial charge in [0.1, 0.15) is 17.3 Å². The second-order valence-corrected chi connectivity index (χ2v) is 8.30. The lowest BCUT2D eigenvalue weighted by atomic mass is 10.2. The van der Waals surface area contributed by atoms with Gasteiger partial charge in [-0.15, -0.1) is 0 Å². The molecule has 9 nitrogen and oxygen atoms in total. The first-order valence-corrected chi connectivity index (χ1v) is 10.9. The van der Waals surface area contributed by atoms with Crippen molar-refractivity contribution in [2.24, 2.45) is 0 Å². The van der Waals surface area contributed by atoms with E-state index in [4.69, 9.17) is 9.47 Å². The Labute approximate surface area is 189 Å². The lowest BCUT2D eigenvalue weighted by molar-refractivity contribution is 0.0844. The Morgan fingerprint density at radius 1 is 0.818 bits per heavy atom. The highest BCUT2D eigenvalue weighted by atomic mass is 32.2. The van der Waals surface area contributed by atoms with E-state index in [1.54, 1.807) is 12.1 Å². The molecular formula is C22H20FN3O6S. The lowest BCUT2D eigenvalue weighted by Crippen LogP contribution is -2.42. The number of rotatable bonds is 7. The zero-order valence-corrected chi connectivity index (χ0v) is 18.4. The van der Waals surface area contributed by atoms with Gasteiger partial charge in [0.25, 0.3) is 21.8 Å². The molecule has 172 valence electrons. The van der Waals surface area contributed by atoms with Crippen LogP contribution in [0, 0.1) is 5.82 Å². The van der Waals surface area contributed by atoms with E-state index in [1.165, 1.54) is 56.7 Å². The van der Waals surface area contributed by atoms with Crippen LogP contribution in [0.25, 0.3) is 0 Å². The zero-order chi connectivity index (χ0) is 24.0. The van der Waals surface area contributed by atoms with Crippen LogP contribution >= 0.6 is 0 Å². The second kappa shape index (κ2) is 10.0. The highest BCUT2D eigenvalue weighted by Gasteiger charge is 2.18. The van der Waals surface area contributed by atoms with E-state index in [1.807, 2.05) is 0 Å². The monoisotopic (exact) mass is 473 g/mol. The zero-order valence-electron chi connectivity index (χ0n) is 17.6. The van der Waals surface area contributed by atoms with Gasteiger partial charge in [0, 0.05) is 17.3 Å². The molecule has 0 aromatic heterocycles. The number of halogens is 1. The van der Waals surface area contributed by atoms with Crippen molar-refractivity contribution in [3.05, 3.63) is 83.7 Å². The second-order valence-electron chi connectivity index (χ2n) is 6.62. The minimum atomic E-state index is -4.00. The van der Waals surface area contributed by atoms with Crippen LogP contribution in [0.4, 0.5) is 10.1 Å². The summed E-state index contributed by atoms with van der Waals surface area (Å²) < 4.78 is 51.7. The Morgan fingerprint density at radius 2 is 1.45 bits per heavy atom. The number of nitrogens with one attached hydrogen (secondary N) is 3. The number of hydrogen-bond donors (Lipinski definition) is 3. The average molecular weight is 473 g/mol. The summed E-state index contributed by atoms with van der Waals surface area (Å²) in [6.07, 6.45) is 0. The van der Waals surface area contributed by atoms with Gasteiger partial charge in [-0.2, -0.15) is 0 Å². The van der Waals surface area contributed by atoms with Crippen molar-refractivity contribution >= 4 is 27.5 Å². The summed E-state index contributed by atoms with van der Waals surface area (Å²) in [6.45, 7) is 0. The van der Waals surface area contributed by atoms with Crippen molar-refractivity contribution in [2.75, 3.05) is 18.9 Å². The number of amides is 2. The van der Waals surface area contributed by atoms with Crippen molar-refractivity contribution in [2.45, 2.75) is 4.90 Å². The third-order valence-electron chi connectivity index (χ3n) is 4.46. The first-order valence-electron chi connectivity index (χ1n) is 9.44. The van der Waals surface area contributed by atoms with E-state index in [0.717, 1.165) is 12.1 Å². The number of anilines is 1. The molecule has 0 atom stereocenters. The van der Waals surface area contributed by atoms with Crippen molar-refractivity contribution in [3.63, 3.8) is 0 Å². The number of benzene rings is 3. The fraction of sp³-hybridized carbons (Fsp3) is 0.0909. The van der Waals surface area contributed by atoms with Crippen molar-refractivity contribution < 1.29 is 31.9 Å². The fourth-order valence-corrected chi connectivity index (χ4v) is 3.84. The van der Waals surface area contributed by atoms with Crippen LogP contribution in [0.3, 0.4) is 0 Å². The number of hydrogen-bond acceptors (Lipinski definition) is 6. The molecule has 0 aliphatic rings. The largest absolute Gasteiger partial charge is 0.497 e. The Bertz CT molecular complexity index is 1280. The van der Waals surface area contributed by atoms with E-state index in [-0.39, 0.29) is 21.8 Å². The highest BCUT2D eigenvalue weighted by Crippen LogP contribution is 2.20. The molecule has 0 unspecified atom stereocenters. The summed E-state index contributed by atoms with van der Waals surface area (Å²) in [7, 11) is -1.15. The molecule has 3 N–H and O–H groups in total. The molecule has 33 heavy (non-hydrogen) atoms. The number of hydrazine groups is 1. The molecule has 0 spiro atoms. The minimum absolute atomic E-state index is 0.0388. The van der Waals surface area contributed by atoms with E-state index in [2.05, 4.69) is 15.6 Å². The van der Waals surface area contributed by atoms with Gasteiger partial charge in [0.2, 0.25) is 0 Å². The SMILES string of the molecule is COc1ccc(NS(=O)(=O)c2cccc(C(=O)NNC(=O)c3ccc(OC)cc3F)c2)cc1. The van der Waals surface area contributed by atoms with Crippen LogP contribution in [0.5, 0.6) is 11.5 Å². The number of carbonyl (C=O) groups excluding carboxylic acids is 2. The van der Waals surface area contributed by atoms with Gasteiger partial charge in [-0.25, -0.2) is 12.8 Å². The number of ether oxygens (including phenoxy) is 2. The molecule has 2 amide bonds. The van der Waals surface area contributed by atoms with Gasteiger partial charge in [-0.1, -0.05) is 6.07 Å². The molecule has 0 saturated carbocycles. The maximum Gasteiger partial charge on any atom is 0.272 e. The standard InChI is InChI=1S/C22H20FN3O6S/c1-31-16-8-6-15(7-9-16)26-33(29,30)18-5-3-4-14(12-18)21(27)24-25-22(28)19-11-10-17(32-2)13-20(19)23/h3-13,26H,1-2H3,(H,24,27)(H,25,28). The fourth-order valence-electron chi connectivity index (χ4n) is 2.74. The predicted molar refractivity (Wildman–Crippen MR) is 118 cm³/mol. The number of sulfonamides is 1. The summed E-state index contributed by atoms with van der Waals surface area (Å²) in [5.74, 6) is -1.73. The summed E-state index contributed by atoms with van der Waals surface area (Å²) in [4.78, 5) is 24.4. The smallest absolute Gasteiger partial charge is 0.272 e. The van der Waals surface area contributed by atoms with Gasteiger partial charge in [0.05, 0.1) is 24.7 Å². The third-order valence-corrected chi connectivity index (χ3v) is 5.84. The Morgan fingerprint density at radius 3 is 2.09 bits per heavy atom. The normalized spacial score (nSPS) is 10.8. The predicted octanol–water partition coefficient (Wildman–Crippen LogP) is 2.72. The Balaban J connectivity index is 1.69. The van der Waals surface area contributed by atoms with Gasteiger partial charge in [0.15, 0.2) is 0 Å². The van der Waals surface area contributed by atoms with Crippen LogP contribution in [0.1, 0.15) is 20.7 Å². The molecule has 3 aromatic rings. The van der Waals surface area contributed by atoms with Crippen molar-refractivity contribution in [3.8, 4) is 11.5 Å². The molecule has 0 heterocycles. The highest BCUT2D eigenvalue weighted by molar-refractivity contribution is 7.92. The van der Waals surface area contributed by atoms with E-state index < -0.39 is 27.7 Å². The van der Waals surface area contributed by atoms with E-state index >= 15 is 0 Å². The molecule has 0 bridgehead atoms. The van der Waals surface area contributed by atoms with Crippen LogP contribution in [-0.4, -0.2) is 34.5 Å². The van der Waals surface area contributed by atoms with Gasteiger partial charge >= 0.3 is 0 Å². The minimum Gasteiger partial charge on any atom is -0.497 e. The number of carbonyl (C=O) groups is 2. The summed E-state index contributed by atoms with van der Waals surface area (Å²) >= 11 is 0. The first-order chi connectivity index (χ1) is 15.7. The molecule has 0 radical (unpaired) electrons. The van der Waals surface area contributed by atoms with Crippen molar-refractivity contribution in [1.29, 1.82) is 0 Å². The molecule has 3 aromatic carbocycles. The number of methoxy groups -OCH3 is 2. The lowest BCUT2D eigenvalue weighted by Gasteiger charge is -2.11. The third kappa shape index (κ3) is 5.77. The van der Waals surface area contributed by atoms with E-state index in [9.17, 15) is 22.4 Å². The summed E-state index contributed by atoms with van der Waals surface area (Å²) in [6, 6.07) is 15.1. The average Bonchev–Trinajstić information content (AvgIpc) is 2.82. The summed E-state index contributed by atoms with van der Waals surface area (Å²) in [5.41, 5.74) is 4.17. The molecule has 0 aliphatic carbocycles. The first kappa shape index (κ1) is 23.5. The maximum absolute atomic E-state index is 14.0. The van der Waals surface area contributed by atoms with Crippen LogP contribution in [0.15, 0.2) is 71.6 Å². The molecule has 11 heteroatoms. The quantitative estimate of drug-likeness (QED) is 0.454. The Kier molecular flexibility index (Phi) is 7.13. The van der Waals surface area contributed by atoms with Crippen LogP contribution < -0.4 is 25.0 Å². The molecule has 0 aliphatic heterocycles. The van der Waals surface area contributed by atoms with Crippen LogP contribution in [-0.2, 0) is 10.0 Å². The van der Waals surface area contributed by atoms with Gasteiger partial charge < -0.3 is 9.47 Å². The summed E-state index contributed by atoms with van der Waals surface area (Å²) in [5, 5.41) is 0. The molecule has 0 saturated heterocycles. The molecule has 0 fully saturated rings. The Hall–Kier alpha value is -4.12. The molecular weight excluding hydrogens is 453 g/mol. The topological polar surface area (TPSA) is 123 Å². The maximum atomic E-state index is 14.0. The van der Waals surface area contributed by atoms with E-state index in [0.29, 0.717) is 11.4 Å². The van der Waals surface area contributed by atoms with Crippen LogP contribution in [0.2, 0.25) is 0 Å². The van der Waals surface area contributed by atoms with Crippen molar-refractivity contribution in [1.82, 2.24) is 10.9 Å². The van der Waals surface area contributed by atoms with Gasteiger partial charge in [-0.05, 0) is 54.6 Å².